The predicted molar refractivity (Wildman–Crippen MR) is 96.1 cm³/mol. The topological polar surface area (TPSA) is 63.6 Å². The first-order valence-corrected chi connectivity index (χ1v) is 8.21. The van der Waals surface area contributed by atoms with Crippen LogP contribution in [0.5, 0.6) is 0 Å². The Bertz CT molecular complexity index is 793. The molecule has 0 unspecified atom stereocenters. The van der Waals surface area contributed by atoms with Gasteiger partial charge in [-0.3, -0.25) is 4.98 Å². The number of nitrogens with zero attached hydrogens (tertiary/aromatic N) is 4. The summed E-state index contributed by atoms with van der Waals surface area (Å²) in [6.07, 6.45) is 5.17. The second kappa shape index (κ2) is 7.84. The van der Waals surface area contributed by atoms with Gasteiger partial charge in [-0.2, -0.15) is 0 Å². The Labute approximate surface area is 146 Å². The number of hydrogen-bond acceptors (Lipinski definition) is 5. The summed E-state index contributed by atoms with van der Waals surface area (Å²) in [5.41, 5.74) is 2.39. The molecule has 0 aliphatic heterocycles. The van der Waals surface area contributed by atoms with Crippen LogP contribution in [0.15, 0.2) is 48.8 Å². The zero-order valence-electron chi connectivity index (χ0n) is 13.4. The summed E-state index contributed by atoms with van der Waals surface area (Å²) in [6.45, 7) is 2.70. The highest BCUT2D eigenvalue weighted by Crippen LogP contribution is 2.22. The molecule has 0 aliphatic rings. The van der Waals surface area contributed by atoms with E-state index in [1.165, 1.54) is 0 Å². The Morgan fingerprint density at radius 2 is 1.79 bits per heavy atom. The fourth-order valence-electron chi connectivity index (χ4n) is 2.33. The van der Waals surface area contributed by atoms with Gasteiger partial charge >= 0.3 is 0 Å². The van der Waals surface area contributed by atoms with E-state index in [0.29, 0.717) is 10.8 Å². The molecule has 3 heterocycles. The Kier molecular flexibility index (Phi) is 5.33. The highest BCUT2D eigenvalue weighted by molar-refractivity contribution is 6.31. The lowest BCUT2D eigenvalue weighted by Crippen LogP contribution is -2.07. The number of pyridine rings is 2. The molecule has 0 radical (unpaired) electrons. The summed E-state index contributed by atoms with van der Waals surface area (Å²) in [7, 11) is 0. The van der Waals surface area contributed by atoms with Crippen molar-refractivity contribution >= 4 is 17.4 Å². The average Bonchev–Trinajstić information content (AvgIpc) is 2.63. The third-order valence-corrected chi connectivity index (χ3v) is 4.03. The molecule has 3 aromatic rings. The van der Waals surface area contributed by atoms with Gasteiger partial charge in [0.05, 0.1) is 16.4 Å². The number of aryl methyl sites for hydroxylation is 2. The zero-order chi connectivity index (χ0) is 16.8. The lowest BCUT2D eigenvalue weighted by molar-refractivity contribution is 0.825. The molecule has 3 aromatic heterocycles. The van der Waals surface area contributed by atoms with Gasteiger partial charge in [0.15, 0.2) is 5.82 Å². The van der Waals surface area contributed by atoms with Crippen molar-refractivity contribution in [1.82, 2.24) is 19.9 Å². The number of hydrogen-bond donors (Lipinski definition) is 1. The molecule has 6 heteroatoms. The van der Waals surface area contributed by atoms with E-state index in [2.05, 4.69) is 25.3 Å². The second-order valence-electron chi connectivity index (χ2n) is 5.35. The molecule has 0 bridgehead atoms. The summed E-state index contributed by atoms with van der Waals surface area (Å²) in [4.78, 5) is 17.6. The van der Waals surface area contributed by atoms with E-state index in [0.717, 1.165) is 42.3 Å². The quantitative estimate of drug-likeness (QED) is 0.689. The molecule has 1 N–H and O–H groups in total. The van der Waals surface area contributed by atoms with Crippen LogP contribution in [0.2, 0.25) is 5.02 Å². The van der Waals surface area contributed by atoms with Gasteiger partial charge < -0.3 is 5.32 Å². The highest BCUT2D eigenvalue weighted by Gasteiger charge is 2.11. The number of halogens is 1. The third kappa shape index (κ3) is 4.06. The Morgan fingerprint density at radius 1 is 1.00 bits per heavy atom. The first-order valence-electron chi connectivity index (χ1n) is 7.83. The molecule has 24 heavy (non-hydrogen) atoms. The Balaban J connectivity index is 1.67. The number of anilines is 1. The van der Waals surface area contributed by atoms with Crippen LogP contribution < -0.4 is 5.32 Å². The molecule has 3 rings (SSSR count). The standard InChI is InChI=1S/C18H18ClN5/c1-13-17(19)14(8-6-12-22-16-9-3-5-11-21-16)24-18(23-13)15-7-2-4-10-20-15/h2-5,7,9-11H,6,8,12H2,1H3,(H,21,22). The molecular weight excluding hydrogens is 322 g/mol. The molecule has 0 aromatic carbocycles. The number of rotatable bonds is 6. The van der Waals surface area contributed by atoms with Gasteiger partial charge in [-0.25, -0.2) is 15.0 Å². The van der Waals surface area contributed by atoms with Gasteiger partial charge in [-0.1, -0.05) is 23.7 Å². The van der Waals surface area contributed by atoms with Crippen LogP contribution in [0.25, 0.3) is 11.5 Å². The van der Waals surface area contributed by atoms with Crippen LogP contribution in [0.3, 0.4) is 0 Å². The van der Waals surface area contributed by atoms with E-state index < -0.39 is 0 Å². The predicted octanol–water partition coefficient (Wildman–Crippen LogP) is 3.94. The molecular formula is C18H18ClN5. The van der Waals surface area contributed by atoms with Crippen molar-refractivity contribution in [3.05, 3.63) is 65.2 Å². The summed E-state index contributed by atoms with van der Waals surface area (Å²) < 4.78 is 0. The van der Waals surface area contributed by atoms with Gasteiger partial charge in [0, 0.05) is 18.9 Å². The maximum Gasteiger partial charge on any atom is 0.178 e. The highest BCUT2D eigenvalue weighted by atomic mass is 35.5. The minimum atomic E-state index is 0.616. The minimum Gasteiger partial charge on any atom is -0.370 e. The molecule has 122 valence electrons. The molecule has 0 spiro atoms. The van der Waals surface area contributed by atoms with Crippen molar-refractivity contribution in [2.75, 3.05) is 11.9 Å². The molecule has 0 saturated heterocycles. The Hall–Kier alpha value is -2.53. The van der Waals surface area contributed by atoms with Crippen LogP contribution in [0.1, 0.15) is 17.8 Å². The van der Waals surface area contributed by atoms with Crippen molar-refractivity contribution in [3.8, 4) is 11.5 Å². The second-order valence-corrected chi connectivity index (χ2v) is 5.73. The summed E-state index contributed by atoms with van der Waals surface area (Å²) in [6, 6.07) is 11.5. The third-order valence-electron chi connectivity index (χ3n) is 3.54. The first-order chi connectivity index (χ1) is 11.7. The van der Waals surface area contributed by atoms with Gasteiger partial charge in [-0.05, 0) is 44.0 Å². The zero-order valence-corrected chi connectivity index (χ0v) is 14.2. The maximum atomic E-state index is 6.37. The molecule has 0 atom stereocenters. The summed E-state index contributed by atoms with van der Waals surface area (Å²) >= 11 is 6.37. The van der Waals surface area contributed by atoms with Gasteiger partial charge in [0.25, 0.3) is 0 Å². The van der Waals surface area contributed by atoms with E-state index >= 15 is 0 Å². The smallest absolute Gasteiger partial charge is 0.178 e. The van der Waals surface area contributed by atoms with Gasteiger partial charge in [0.2, 0.25) is 0 Å². The van der Waals surface area contributed by atoms with Crippen LogP contribution in [-0.4, -0.2) is 26.5 Å². The SMILES string of the molecule is Cc1nc(-c2ccccn2)nc(CCCNc2ccccn2)c1Cl. The van der Waals surface area contributed by atoms with Crippen LogP contribution in [-0.2, 0) is 6.42 Å². The van der Waals surface area contributed by atoms with Crippen molar-refractivity contribution in [3.63, 3.8) is 0 Å². The van der Waals surface area contributed by atoms with E-state index in [9.17, 15) is 0 Å². The van der Waals surface area contributed by atoms with E-state index in [1.807, 2.05) is 43.3 Å². The van der Waals surface area contributed by atoms with E-state index in [4.69, 9.17) is 11.6 Å². The van der Waals surface area contributed by atoms with Crippen molar-refractivity contribution < 1.29 is 0 Å². The molecule has 0 fully saturated rings. The lowest BCUT2D eigenvalue weighted by atomic mass is 10.2. The van der Waals surface area contributed by atoms with Crippen LogP contribution in [0, 0.1) is 6.92 Å². The van der Waals surface area contributed by atoms with Gasteiger partial charge in [0.1, 0.15) is 11.5 Å². The Morgan fingerprint density at radius 3 is 2.50 bits per heavy atom. The van der Waals surface area contributed by atoms with Crippen LogP contribution >= 0.6 is 11.6 Å². The summed E-state index contributed by atoms with van der Waals surface area (Å²) in [5.74, 6) is 1.49. The minimum absolute atomic E-state index is 0.616. The van der Waals surface area contributed by atoms with Crippen molar-refractivity contribution in [2.24, 2.45) is 0 Å². The number of aromatic nitrogens is 4. The summed E-state index contributed by atoms with van der Waals surface area (Å²) in [5, 5.41) is 3.92. The van der Waals surface area contributed by atoms with E-state index in [-0.39, 0.29) is 0 Å². The fraction of sp³-hybridized carbons (Fsp3) is 0.222. The van der Waals surface area contributed by atoms with Crippen LogP contribution in [0.4, 0.5) is 5.82 Å². The van der Waals surface area contributed by atoms with Crippen molar-refractivity contribution in [2.45, 2.75) is 19.8 Å². The first kappa shape index (κ1) is 16.3. The maximum absolute atomic E-state index is 6.37. The number of nitrogens with one attached hydrogen (secondary N) is 1. The average molecular weight is 340 g/mol. The largest absolute Gasteiger partial charge is 0.370 e. The monoisotopic (exact) mass is 339 g/mol. The molecule has 5 nitrogen and oxygen atoms in total. The lowest BCUT2D eigenvalue weighted by Gasteiger charge is -2.09. The molecule has 0 amide bonds. The van der Waals surface area contributed by atoms with Crippen molar-refractivity contribution in [1.29, 1.82) is 0 Å². The fourth-order valence-corrected chi connectivity index (χ4v) is 2.51. The molecule has 0 saturated carbocycles. The molecule has 0 aliphatic carbocycles. The van der Waals surface area contributed by atoms with E-state index in [1.54, 1.807) is 12.4 Å². The normalized spacial score (nSPS) is 10.6. The van der Waals surface area contributed by atoms with Gasteiger partial charge in [-0.15, -0.1) is 0 Å².